The smallest absolute Gasteiger partial charge is 0.224 e. The van der Waals surface area contributed by atoms with Crippen LogP contribution in [0.2, 0.25) is 0 Å². The number of methoxy groups -OCH3 is 1. The Morgan fingerprint density at radius 1 is 1.07 bits per heavy atom. The number of aromatic nitrogens is 2. The lowest BCUT2D eigenvalue weighted by molar-refractivity contribution is -0.115. The normalized spacial score (nSPS) is 16.5. The molecular weight excluding hydrogens is 530 g/mol. The molecule has 0 aliphatic carbocycles. The van der Waals surface area contributed by atoms with E-state index >= 15 is 0 Å². The first-order valence-electron chi connectivity index (χ1n) is 14.0. The van der Waals surface area contributed by atoms with E-state index in [1.807, 2.05) is 49.5 Å². The monoisotopic (exact) mass is 567 g/mol. The summed E-state index contributed by atoms with van der Waals surface area (Å²) >= 11 is 5.98. The molecule has 212 valence electrons. The largest absolute Gasteiger partial charge is 0.494 e. The van der Waals surface area contributed by atoms with Crippen molar-refractivity contribution < 1.29 is 9.53 Å². The van der Waals surface area contributed by atoms with Gasteiger partial charge in [0.25, 0.3) is 0 Å². The highest BCUT2D eigenvalue weighted by atomic mass is 32.1. The van der Waals surface area contributed by atoms with Crippen molar-refractivity contribution in [3.8, 4) is 11.4 Å². The summed E-state index contributed by atoms with van der Waals surface area (Å²) in [6.45, 7) is 10.5. The first-order chi connectivity index (χ1) is 19.8. The van der Waals surface area contributed by atoms with Gasteiger partial charge in [-0.3, -0.25) is 9.78 Å². The SMILES string of the molecule is CCC(=O)Nc1ccc(N2C(=S)NC(c3ccccn3)C2c2cc(C)n(-c3c(C)cccc3CC)c2C)cc1OC. The second kappa shape index (κ2) is 11.7. The third-order valence-electron chi connectivity index (χ3n) is 7.87. The average Bonchev–Trinajstić information content (AvgIpc) is 3.48. The molecule has 0 radical (unpaired) electrons. The fraction of sp³-hybridized carbons (Fsp3) is 0.303. The van der Waals surface area contributed by atoms with Crippen LogP contribution in [-0.2, 0) is 11.2 Å². The number of benzene rings is 2. The summed E-state index contributed by atoms with van der Waals surface area (Å²) in [5.41, 5.74) is 9.69. The van der Waals surface area contributed by atoms with Crippen LogP contribution in [0.3, 0.4) is 0 Å². The molecule has 2 unspecified atom stereocenters. The molecule has 3 heterocycles. The van der Waals surface area contributed by atoms with Gasteiger partial charge in [0.05, 0.1) is 36.3 Å². The van der Waals surface area contributed by atoms with Crippen LogP contribution in [0, 0.1) is 20.8 Å². The van der Waals surface area contributed by atoms with Crippen molar-refractivity contribution >= 4 is 34.6 Å². The molecule has 4 aromatic rings. The van der Waals surface area contributed by atoms with Crippen molar-refractivity contribution in [1.29, 1.82) is 0 Å². The van der Waals surface area contributed by atoms with E-state index in [1.54, 1.807) is 7.11 Å². The first-order valence-corrected chi connectivity index (χ1v) is 14.5. The lowest BCUT2D eigenvalue weighted by Gasteiger charge is -2.29. The molecular formula is C33H37N5O2S. The van der Waals surface area contributed by atoms with E-state index in [-0.39, 0.29) is 18.0 Å². The Morgan fingerprint density at radius 3 is 2.56 bits per heavy atom. The fourth-order valence-electron chi connectivity index (χ4n) is 5.88. The van der Waals surface area contributed by atoms with Crippen molar-refractivity contribution in [3.05, 3.63) is 101 Å². The lowest BCUT2D eigenvalue weighted by atomic mass is 9.96. The van der Waals surface area contributed by atoms with E-state index in [1.165, 1.54) is 16.8 Å². The molecule has 7 nitrogen and oxygen atoms in total. The van der Waals surface area contributed by atoms with E-state index < -0.39 is 0 Å². The number of anilines is 2. The van der Waals surface area contributed by atoms with Gasteiger partial charge >= 0.3 is 0 Å². The zero-order chi connectivity index (χ0) is 29.3. The Labute approximate surface area is 247 Å². The van der Waals surface area contributed by atoms with Crippen molar-refractivity contribution in [3.63, 3.8) is 0 Å². The van der Waals surface area contributed by atoms with Gasteiger partial charge in [0.15, 0.2) is 5.11 Å². The van der Waals surface area contributed by atoms with Gasteiger partial charge in [-0.05, 0) is 86.4 Å². The number of pyridine rings is 1. The zero-order valence-electron chi connectivity index (χ0n) is 24.5. The number of carbonyl (C=O) groups is 1. The summed E-state index contributed by atoms with van der Waals surface area (Å²) in [7, 11) is 1.61. The van der Waals surface area contributed by atoms with Gasteiger partial charge in [-0.25, -0.2) is 0 Å². The van der Waals surface area contributed by atoms with E-state index in [2.05, 4.69) is 72.1 Å². The molecule has 0 bridgehead atoms. The van der Waals surface area contributed by atoms with Crippen LogP contribution in [0.4, 0.5) is 11.4 Å². The summed E-state index contributed by atoms with van der Waals surface area (Å²) in [5.74, 6) is 0.503. The molecule has 1 aliphatic rings. The molecule has 1 saturated heterocycles. The number of rotatable bonds is 8. The van der Waals surface area contributed by atoms with Crippen LogP contribution in [-0.4, -0.2) is 27.7 Å². The highest BCUT2D eigenvalue weighted by molar-refractivity contribution is 7.80. The predicted molar refractivity (Wildman–Crippen MR) is 169 cm³/mol. The summed E-state index contributed by atoms with van der Waals surface area (Å²) in [6, 6.07) is 20.2. The molecule has 2 atom stereocenters. The van der Waals surface area contributed by atoms with Crippen LogP contribution < -0.4 is 20.3 Å². The Hall–Kier alpha value is -4.17. The number of nitrogens with one attached hydrogen (secondary N) is 2. The standard InChI is InChI=1S/C33H37N5O2S/c1-7-23-13-11-12-20(3)31(23)37-21(4)18-25(22(37)5)32-30(27-14-9-10-17-34-27)36-33(41)38(32)24-15-16-26(28(19-24)40-6)35-29(39)8-2/h9-19,30,32H,7-8H2,1-6H3,(H,35,39)(H,36,41). The number of hydrogen-bond acceptors (Lipinski definition) is 4. The fourth-order valence-corrected chi connectivity index (χ4v) is 6.22. The number of amides is 1. The van der Waals surface area contributed by atoms with Crippen LogP contribution in [0.5, 0.6) is 5.75 Å². The number of ether oxygens (including phenoxy) is 1. The second-order valence-corrected chi connectivity index (χ2v) is 10.8. The Kier molecular flexibility index (Phi) is 8.13. The molecule has 2 aromatic heterocycles. The van der Waals surface area contributed by atoms with Gasteiger partial charge in [-0.1, -0.05) is 38.1 Å². The molecule has 1 aliphatic heterocycles. The van der Waals surface area contributed by atoms with Crippen LogP contribution in [0.25, 0.3) is 5.69 Å². The van der Waals surface area contributed by atoms with E-state index in [0.717, 1.165) is 34.8 Å². The Morgan fingerprint density at radius 2 is 1.88 bits per heavy atom. The van der Waals surface area contributed by atoms with Gasteiger partial charge in [-0.15, -0.1) is 0 Å². The highest BCUT2D eigenvalue weighted by Gasteiger charge is 2.42. The second-order valence-electron chi connectivity index (χ2n) is 10.4. The lowest BCUT2D eigenvalue weighted by Crippen LogP contribution is -2.29. The molecule has 1 fully saturated rings. The van der Waals surface area contributed by atoms with Gasteiger partial charge in [0.1, 0.15) is 5.75 Å². The number of carbonyl (C=O) groups excluding carboxylic acids is 1. The molecule has 0 saturated carbocycles. The molecule has 0 spiro atoms. The third kappa shape index (κ3) is 5.20. The van der Waals surface area contributed by atoms with Crippen LogP contribution in [0.15, 0.2) is 66.9 Å². The van der Waals surface area contributed by atoms with Gasteiger partial charge < -0.3 is 24.8 Å². The van der Waals surface area contributed by atoms with Crippen molar-refractivity contribution in [2.45, 2.75) is 59.5 Å². The van der Waals surface area contributed by atoms with E-state index in [9.17, 15) is 4.79 Å². The molecule has 5 rings (SSSR count). The maximum Gasteiger partial charge on any atom is 0.224 e. The van der Waals surface area contributed by atoms with Crippen molar-refractivity contribution in [2.75, 3.05) is 17.3 Å². The molecule has 41 heavy (non-hydrogen) atoms. The topological polar surface area (TPSA) is 71.4 Å². The van der Waals surface area contributed by atoms with Crippen LogP contribution >= 0.6 is 12.2 Å². The minimum absolute atomic E-state index is 0.0717. The number of hydrogen-bond donors (Lipinski definition) is 2. The molecule has 8 heteroatoms. The summed E-state index contributed by atoms with van der Waals surface area (Å²) in [6.07, 6.45) is 3.15. The number of thiocarbonyl (C=S) groups is 1. The Bertz CT molecular complexity index is 1600. The van der Waals surface area contributed by atoms with E-state index in [4.69, 9.17) is 21.9 Å². The van der Waals surface area contributed by atoms with Crippen molar-refractivity contribution in [1.82, 2.24) is 14.9 Å². The Balaban J connectivity index is 1.68. The first kappa shape index (κ1) is 28.4. The van der Waals surface area contributed by atoms with Gasteiger partial charge in [0, 0.05) is 35.8 Å². The average molecular weight is 568 g/mol. The predicted octanol–water partition coefficient (Wildman–Crippen LogP) is 6.89. The zero-order valence-corrected chi connectivity index (χ0v) is 25.3. The molecule has 2 N–H and O–H groups in total. The maximum atomic E-state index is 12.1. The minimum Gasteiger partial charge on any atom is -0.494 e. The van der Waals surface area contributed by atoms with Crippen LogP contribution in [0.1, 0.15) is 66.1 Å². The van der Waals surface area contributed by atoms with Crippen molar-refractivity contribution in [2.24, 2.45) is 0 Å². The molecule has 1 amide bonds. The molecule has 2 aromatic carbocycles. The highest BCUT2D eigenvalue weighted by Crippen LogP contribution is 2.45. The minimum atomic E-state index is -0.175. The number of para-hydroxylation sites is 1. The van der Waals surface area contributed by atoms with E-state index in [0.29, 0.717) is 23.0 Å². The number of nitrogens with zero attached hydrogens (tertiary/aromatic N) is 3. The van der Waals surface area contributed by atoms with Gasteiger partial charge in [-0.2, -0.15) is 0 Å². The summed E-state index contributed by atoms with van der Waals surface area (Å²) in [5, 5.41) is 7.10. The third-order valence-corrected chi connectivity index (χ3v) is 8.19. The quantitative estimate of drug-likeness (QED) is 0.226. The maximum absolute atomic E-state index is 12.1. The number of aryl methyl sites for hydroxylation is 3. The summed E-state index contributed by atoms with van der Waals surface area (Å²) in [4.78, 5) is 19.0. The summed E-state index contributed by atoms with van der Waals surface area (Å²) < 4.78 is 8.08. The van der Waals surface area contributed by atoms with Gasteiger partial charge in [0.2, 0.25) is 5.91 Å².